The number of benzene rings is 1. The van der Waals surface area contributed by atoms with Crippen LogP contribution in [0.15, 0.2) is 30.3 Å². The van der Waals surface area contributed by atoms with Crippen molar-refractivity contribution in [3.8, 4) is 0 Å². The van der Waals surface area contributed by atoms with Crippen LogP contribution < -0.4 is 16.4 Å². The Kier molecular flexibility index (Phi) is 5.66. The summed E-state index contributed by atoms with van der Waals surface area (Å²) in [6, 6.07) is 7.23. The van der Waals surface area contributed by atoms with Crippen LogP contribution in [0.4, 0.5) is 4.79 Å². The number of urea groups is 1. The zero-order chi connectivity index (χ0) is 13.4. The second-order valence-electron chi connectivity index (χ2n) is 3.72. The van der Waals surface area contributed by atoms with Crippen molar-refractivity contribution < 1.29 is 14.7 Å². The highest BCUT2D eigenvalue weighted by atomic mass is 16.3. The molecule has 98 valence electrons. The first-order valence-electron chi connectivity index (χ1n) is 5.64. The zero-order valence-electron chi connectivity index (χ0n) is 9.93. The van der Waals surface area contributed by atoms with E-state index in [1.54, 1.807) is 24.3 Å². The Balaban J connectivity index is 2.72. The fourth-order valence-corrected chi connectivity index (χ4v) is 1.48. The maximum atomic E-state index is 11.9. The minimum absolute atomic E-state index is 0.000465. The number of primary amides is 1. The van der Waals surface area contributed by atoms with Gasteiger partial charge in [-0.3, -0.25) is 4.79 Å². The van der Waals surface area contributed by atoms with Crippen LogP contribution in [-0.2, 0) is 4.79 Å². The Morgan fingerprint density at radius 1 is 1.28 bits per heavy atom. The van der Waals surface area contributed by atoms with Gasteiger partial charge in [-0.15, -0.1) is 0 Å². The summed E-state index contributed by atoms with van der Waals surface area (Å²) < 4.78 is 0. The molecule has 6 nitrogen and oxygen atoms in total. The smallest absolute Gasteiger partial charge is 0.313 e. The molecular weight excluding hydrogens is 234 g/mol. The number of nitrogens with one attached hydrogen (secondary N) is 2. The summed E-state index contributed by atoms with van der Waals surface area (Å²) in [7, 11) is 0. The van der Waals surface area contributed by atoms with E-state index in [1.165, 1.54) is 0 Å². The van der Waals surface area contributed by atoms with Gasteiger partial charge in [0, 0.05) is 13.2 Å². The molecule has 0 spiro atoms. The number of carbonyl (C=O) groups excluding carboxylic acids is 2. The van der Waals surface area contributed by atoms with Crippen LogP contribution in [0, 0.1) is 0 Å². The van der Waals surface area contributed by atoms with Gasteiger partial charge in [0.2, 0.25) is 5.91 Å². The second kappa shape index (κ2) is 7.29. The summed E-state index contributed by atoms with van der Waals surface area (Å²) in [6.07, 6.45) is 0.462. The maximum Gasteiger partial charge on any atom is 0.313 e. The van der Waals surface area contributed by atoms with Crippen molar-refractivity contribution in [2.24, 2.45) is 5.73 Å². The van der Waals surface area contributed by atoms with Crippen LogP contribution in [0.5, 0.6) is 0 Å². The second-order valence-corrected chi connectivity index (χ2v) is 3.72. The quantitative estimate of drug-likeness (QED) is 0.530. The molecule has 0 aliphatic rings. The number of rotatable bonds is 6. The van der Waals surface area contributed by atoms with Gasteiger partial charge in [0.1, 0.15) is 6.04 Å². The van der Waals surface area contributed by atoms with Crippen LogP contribution in [0.3, 0.4) is 0 Å². The predicted octanol–water partition coefficient (Wildman–Crippen LogP) is -0.105. The van der Waals surface area contributed by atoms with Gasteiger partial charge in [0.05, 0.1) is 0 Å². The van der Waals surface area contributed by atoms with E-state index >= 15 is 0 Å². The molecule has 1 aromatic carbocycles. The molecule has 6 heteroatoms. The highest BCUT2D eigenvalue weighted by Crippen LogP contribution is 2.12. The molecule has 0 fully saturated rings. The molecule has 1 unspecified atom stereocenters. The lowest BCUT2D eigenvalue weighted by Gasteiger charge is -2.17. The molecule has 0 aliphatic heterocycles. The first kappa shape index (κ1) is 14.0. The van der Waals surface area contributed by atoms with E-state index in [1.807, 2.05) is 6.07 Å². The molecule has 5 N–H and O–H groups in total. The summed E-state index contributed by atoms with van der Waals surface area (Å²) in [6.45, 7) is 0.346. The van der Waals surface area contributed by atoms with E-state index in [0.29, 0.717) is 18.5 Å². The lowest BCUT2D eigenvalue weighted by Crippen LogP contribution is -2.42. The lowest BCUT2D eigenvalue weighted by atomic mass is 10.1. The van der Waals surface area contributed by atoms with Crippen molar-refractivity contribution in [3.05, 3.63) is 35.9 Å². The topological polar surface area (TPSA) is 104 Å². The Morgan fingerprint density at radius 2 is 1.94 bits per heavy atom. The Hall–Kier alpha value is -2.08. The molecule has 0 aliphatic carbocycles. The number of aliphatic hydroxyl groups is 1. The lowest BCUT2D eigenvalue weighted by molar-refractivity contribution is -0.123. The van der Waals surface area contributed by atoms with E-state index in [0.717, 1.165) is 0 Å². The van der Waals surface area contributed by atoms with Gasteiger partial charge < -0.3 is 21.5 Å². The third kappa shape index (κ3) is 4.42. The number of hydrogen-bond acceptors (Lipinski definition) is 3. The van der Waals surface area contributed by atoms with Gasteiger partial charge in [0.25, 0.3) is 0 Å². The highest BCUT2D eigenvalue weighted by Gasteiger charge is 2.20. The SMILES string of the molecule is NC(=O)NC(C(=O)NCCCO)c1ccccc1. The predicted molar refractivity (Wildman–Crippen MR) is 66.6 cm³/mol. The van der Waals surface area contributed by atoms with Crippen LogP contribution in [0.25, 0.3) is 0 Å². The van der Waals surface area contributed by atoms with E-state index < -0.39 is 12.1 Å². The van der Waals surface area contributed by atoms with Crippen molar-refractivity contribution in [3.63, 3.8) is 0 Å². The van der Waals surface area contributed by atoms with Gasteiger partial charge in [-0.1, -0.05) is 30.3 Å². The molecule has 1 atom stereocenters. The van der Waals surface area contributed by atoms with E-state index in [2.05, 4.69) is 10.6 Å². The first-order valence-corrected chi connectivity index (χ1v) is 5.64. The number of carbonyl (C=O) groups is 2. The third-order valence-electron chi connectivity index (χ3n) is 2.32. The van der Waals surface area contributed by atoms with Gasteiger partial charge in [-0.25, -0.2) is 4.79 Å². The standard InChI is InChI=1S/C12H17N3O3/c13-12(18)15-10(9-5-2-1-3-6-9)11(17)14-7-4-8-16/h1-3,5-6,10,16H,4,7-8H2,(H,14,17)(H3,13,15,18). The van der Waals surface area contributed by atoms with Gasteiger partial charge in [0.15, 0.2) is 0 Å². The highest BCUT2D eigenvalue weighted by molar-refractivity contribution is 5.87. The fraction of sp³-hybridized carbons (Fsp3) is 0.333. The molecule has 0 bridgehead atoms. The van der Waals surface area contributed by atoms with E-state index in [-0.39, 0.29) is 12.5 Å². The molecule has 1 aromatic rings. The minimum atomic E-state index is -0.817. The van der Waals surface area contributed by atoms with Crippen LogP contribution in [0.1, 0.15) is 18.0 Å². The molecule has 0 aromatic heterocycles. The number of amides is 3. The fourth-order valence-electron chi connectivity index (χ4n) is 1.48. The average Bonchev–Trinajstić information content (AvgIpc) is 2.37. The molecule has 0 heterocycles. The summed E-state index contributed by atoms with van der Waals surface area (Å²) in [5.41, 5.74) is 5.70. The molecule has 0 radical (unpaired) electrons. The van der Waals surface area contributed by atoms with Crippen molar-refractivity contribution in [2.45, 2.75) is 12.5 Å². The minimum Gasteiger partial charge on any atom is -0.396 e. The van der Waals surface area contributed by atoms with Crippen molar-refractivity contribution >= 4 is 11.9 Å². The summed E-state index contributed by atoms with van der Waals surface area (Å²) in [5, 5.41) is 13.6. The molecule has 1 rings (SSSR count). The monoisotopic (exact) mass is 251 g/mol. The Morgan fingerprint density at radius 3 is 2.50 bits per heavy atom. The van der Waals surface area contributed by atoms with Crippen molar-refractivity contribution in [1.29, 1.82) is 0 Å². The van der Waals surface area contributed by atoms with Crippen LogP contribution in [0.2, 0.25) is 0 Å². The third-order valence-corrected chi connectivity index (χ3v) is 2.32. The van der Waals surface area contributed by atoms with Gasteiger partial charge in [-0.05, 0) is 12.0 Å². The van der Waals surface area contributed by atoms with Gasteiger partial charge >= 0.3 is 6.03 Å². The number of nitrogens with two attached hydrogens (primary N) is 1. The van der Waals surface area contributed by atoms with E-state index in [4.69, 9.17) is 10.8 Å². The van der Waals surface area contributed by atoms with Crippen LogP contribution >= 0.6 is 0 Å². The number of aliphatic hydroxyl groups excluding tert-OH is 1. The van der Waals surface area contributed by atoms with Crippen molar-refractivity contribution in [2.75, 3.05) is 13.2 Å². The zero-order valence-corrected chi connectivity index (χ0v) is 9.93. The number of hydrogen-bond donors (Lipinski definition) is 4. The molecule has 3 amide bonds. The maximum absolute atomic E-state index is 11.9. The summed E-state index contributed by atoms with van der Waals surface area (Å²) in [4.78, 5) is 22.8. The summed E-state index contributed by atoms with van der Waals surface area (Å²) >= 11 is 0. The largest absolute Gasteiger partial charge is 0.396 e. The first-order chi connectivity index (χ1) is 8.65. The van der Waals surface area contributed by atoms with Crippen molar-refractivity contribution in [1.82, 2.24) is 10.6 Å². The van der Waals surface area contributed by atoms with Crippen LogP contribution in [-0.4, -0.2) is 30.2 Å². The Bertz CT molecular complexity index is 395. The average molecular weight is 251 g/mol. The van der Waals surface area contributed by atoms with E-state index in [9.17, 15) is 9.59 Å². The molecule has 0 saturated carbocycles. The molecule has 18 heavy (non-hydrogen) atoms. The van der Waals surface area contributed by atoms with Gasteiger partial charge in [-0.2, -0.15) is 0 Å². The molecule has 0 saturated heterocycles. The summed E-state index contributed by atoms with van der Waals surface area (Å²) in [5.74, 6) is -0.353. The normalized spacial score (nSPS) is 11.6. The Labute approximate surface area is 105 Å². The molecular formula is C12H17N3O3.